The molecule has 0 bridgehead atoms. The van der Waals surface area contributed by atoms with Gasteiger partial charge in [-0.05, 0) is 0 Å². The van der Waals surface area contributed by atoms with E-state index in [1.807, 2.05) is 13.8 Å². The fourth-order valence-electron chi connectivity index (χ4n) is 2.41. The Labute approximate surface area is 176 Å². The van der Waals surface area contributed by atoms with E-state index in [4.69, 9.17) is 9.47 Å². The van der Waals surface area contributed by atoms with Gasteiger partial charge in [-0.3, -0.25) is 0 Å². The molecule has 0 heterocycles. The summed E-state index contributed by atoms with van der Waals surface area (Å²) < 4.78 is 17.1. The normalized spacial score (nSPS) is 10.5. The number of hydrogen-bond donors (Lipinski definition) is 0. The second-order valence-corrected chi connectivity index (χ2v) is 11.8. The standard InChI is InChI=1S/C22H22O2Te2/c1-3-23-17-9-13-19(14-10-17)25-21-7-5-6-8-22(21)26-20-15-11-18(12-16-20)24-4-2/h5-16H,3-4H2,1-2H3. The molecule has 26 heavy (non-hydrogen) atoms. The van der Waals surface area contributed by atoms with Crippen LogP contribution in [0.4, 0.5) is 0 Å². The molecule has 4 heteroatoms. The van der Waals surface area contributed by atoms with Crippen molar-refractivity contribution in [1.29, 1.82) is 0 Å². The molecular weight excluding hydrogens is 551 g/mol. The van der Waals surface area contributed by atoms with Crippen LogP contribution in [-0.4, -0.2) is 55.1 Å². The third-order valence-electron chi connectivity index (χ3n) is 3.57. The van der Waals surface area contributed by atoms with Gasteiger partial charge in [0.2, 0.25) is 0 Å². The quantitative estimate of drug-likeness (QED) is 0.383. The Morgan fingerprint density at radius 1 is 0.577 bits per heavy atom. The first-order valence-electron chi connectivity index (χ1n) is 8.69. The van der Waals surface area contributed by atoms with Gasteiger partial charge in [0.05, 0.1) is 0 Å². The average Bonchev–Trinajstić information content (AvgIpc) is 2.67. The summed E-state index contributed by atoms with van der Waals surface area (Å²) in [5.41, 5.74) is 0. The molecule has 0 saturated carbocycles. The zero-order valence-electron chi connectivity index (χ0n) is 15.0. The van der Waals surface area contributed by atoms with Crippen LogP contribution in [0.5, 0.6) is 11.5 Å². The van der Waals surface area contributed by atoms with Crippen molar-refractivity contribution < 1.29 is 9.47 Å². The van der Waals surface area contributed by atoms with E-state index < -0.39 is 0 Å². The SMILES string of the molecule is CCOc1ccc([Te]c2ccccc2[Te]c2ccc(OCC)cc2)cc1. The number of benzene rings is 3. The maximum atomic E-state index is 5.55. The zero-order valence-corrected chi connectivity index (χ0v) is 19.6. The summed E-state index contributed by atoms with van der Waals surface area (Å²) in [6.07, 6.45) is 0. The van der Waals surface area contributed by atoms with Crippen molar-refractivity contribution >= 4 is 56.3 Å². The average molecular weight is 574 g/mol. The molecule has 0 aromatic heterocycles. The van der Waals surface area contributed by atoms with Crippen molar-refractivity contribution in [2.45, 2.75) is 13.8 Å². The van der Waals surface area contributed by atoms with Crippen LogP contribution in [0.1, 0.15) is 13.8 Å². The monoisotopic (exact) mass is 578 g/mol. The summed E-state index contributed by atoms with van der Waals surface area (Å²) in [4.78, 5) is 0. The number of rotatable bonds is 8. The van der Waals surface area contributed by atoms with Gasteiger partial charge >= 0.3 is 177 Å². The predicted molar refractivity (Wildman–Crippen MR) is 112 cm³/mol. The molecule has 0 amide bonds. The van der Waals surface area contributed by atoms with Gasteiger partial charge in [-0.1, -0.05) is 0 Å². The Kier molecular flexibility index (Phi) is 7.72. The summed E-state index contributed by atoms with van der Waals surface area (Å²) in [7, 11) is 0. The molecule has 0 atom stereocenters. The van der Waals surface area contributed by atoms with Crippen LogP contribution in [0, 0.1) is 0 Å². The molecule has 0 unspecified atom stereocenters. The number of hydrogen-bond acceptors (Lipinski definition) is 2. The Morgan fingerprint density at radius 2 is 0.962 bits per heavy atom. The van der Waals surface area contributed by atoms with E-state index in [9.17, 15) is 0 Å². The molecule has 0 N–H and O–H groups in total. The zero-order chi connectivity index (χ0) is 18.2. The van der Waals surface area contributed by atoms with E-state index >= 15 is 0 Å². The molecule has 134 valence electrons. The molecule has 3 aromatic carbocycles. The van der Waals surface area contributed by atoms with E-state index in [2.05, 4.69) is 72.8 Å². The first-order chi connectivity index (χ1) is 12.8. The molecule has 0 saturated heterocycles. The van der Waals surface area contributed by atoms with Gasteiger partial charge in [-0.15, -0.1) is 0 Å². The molecule has 0 spiro atoms. The predicted octanol–water partition coefficient (Wildman–Crippen LogP) is 1.79. The van der Waals surface area contributed by atoms with Crippen molar-refractivity contribution in [3.05, 3.63) is 72.8 Å². The van der Waals surface area contributed by atoms with Gasteiger partial charge in [0, 0.05) is 0 Å². The van der Waals surface area contributed by atoms with Crippen LogP contribution in [0.15, 0.2) is 72.8 Å². The van der Waals surface area contributed by atoms with Gasteiger partial charge in [0.15, 0.2) is 0 Å². The fraction of sp³-hybridized carbons (Fsp3) is 0.182. The molecule has 3 aromatic rings. The topological polar surface area (TPSA) is 18.5 Å². The minimum absolute atomic E-state index is 0.381. The summed E-state index contributed by atoms with van der Waals surface area (Å²) in [6.45, 7) is 5.46. The summed E-state index contributed by atoms with van der Waals surface area (Å²) >= 11 is -0.761. The van der Waals surface area contributed by atoms with E-state index in [1.165, 1.54) is 7.22 Å². The van der Waals surface area contributed by atoms with Crippen molar-refractivity contribution in [3.8, 4) is 11.5 Å². The Balaban J connectivity index is 1.73. The summed E-state index contributed by atoms with van der Waals surface area (Å²) in [6, 6.07) is 26.2. The molecule has 2 nitrogen and oxygen atoms in total. The van der Waals surface area contributed by atoms with Crippen molar-refractivity contribution in [2.24, 2.45) is 0 Å². The third kappa shape index (κ3) is 5.67. The summed E-state index contributed by atoms with van der Waals surface area (Å²) in [5, 5.41) is 0. The fourth-order valence-corrected chi connectivity index (χ4v) is 8.81. The van der Waals surface area contributed by atoms with Crippen molar-refractivity contribution in [3.63, 3.8) is 0 Å². The number of ether oxygens (including phenoxy) is 2. The maximum absolute atomic E-state index is 5.55. The van der Waals surface area contributed by atoms with E-state index in [0.29, 0.717) is 13.2 Å². The molecule has 0 fully saturated rings. The molecule has 0 aliphatic carbocycles. The van der Waals surface area contributed by atoms with Crippen LogP contribution >= 0.6 is 0 Å². The van der Waals surface area contributed by atoms with E-state index in [-0.39, 0.29) is 41.8 Å². The van der Waals surface area contributed by atoms with Crippen LogP contribution < -0.4 is 23.9 Å². The second kappa shape index (κ2) is 10.2. The van der Waals surface area contributed by atoms with Gasteiger partial charge < -0.3 is 0 Å². The van der Waals surface area contributed by atoms with Crippen molar-refractivity contribution in [1.82, 2.24) is 0 Å². The first kappa shape index (κ1) is 19.6. The molecule has 0 aliphatic rings. The Hall–Kier alpha value is -1.16. The van der Waals surface area contributed by atoms with Gasteiger partial charge in [0.1, 0.15) is 0 Å². The van der Waals surface area contributed by atoms with E-state index in [1.54, 1.807) is 7.22 Å². The van der Waals surface area contributed by atoms with Crippen LogP contribution in [-0.2, 0) is 0 Å². The second-order valence-electron chi connectivity index (χ2n) is 5.46. The molecule has 0 radical (unpaired) electrons. The summed E-state index contributed by atoms with van der Waals surface area (Å²) in [5.74, 6) is 1.92. The third-order valence-corrected chi connectivity index (χ3v) is 11.0. The van der Waals surface area contributed by atoms with Gasteiger partial charge in [-0.25, -0.2) is 0 Å². The van der Waals surface area contributed by atoms with Crippen LogP contribution in [0.2, 0.25) is 0 Å². The minimum atomic E-state index is -0.381. The van der Waals surface area contributed by atoms with Crippen LogP contribution in [0.25, 0.3) is 0 Å². The van der Waals surface area contributed by atoms with E-state index in [0.717, 1.165) is 11.5 Å². The first-order valence-corrected chi connectivity index (χ1v) is 13.3. The molecular formula is C22H22O2Te2. The van der Waals surface area contributed by atoms with Gasteiger partial charge in [0.25, 0.3) is 0 Å². The molecule has 0 aliphatic heterocycles. The Bertz CT molecular complexity index is 744. The molecule has 3 rings (SSSR count). The van der Waals surface area contributed by atoms with Crippen LogP contribution in [0.3, 0.4) is 0 Å². The van der Waals surface area contributed by atoms with Crippen molar-refractivity contribution in [2.75, 3.05) is 13.2 Å². The van der Waals surface area contributed by atoms with Gasteiger partial charge in [-0.2, -0.15) is 0 Å². The Morgan fingerprint density at radius 3 is 1.31 bits per heavy atom.